The first-order valence-corrected chi connectivity index (χ1v) is 14.1. The zero-order chi connectivity index (χ0) is 29.9. The van der Waals surface area contributed by atoms with Crippen LogP contribution >= 0.6 is 35.6 Å². The molecule has 3 N–H and O–H groups in total. The molecule has 0 radical (unpaired) electrons. The van der Waals surface area contributed by atoms with Crippen LogP contribution in [0.1, 0.15) is 49.0 Å². The number of rotatable bonds is 9. The van der Waals surface area contributed by atoms with Crippen LogP contribution in [0.4, 0.5) is 9.18 Å². The summed E-state index contributed by atoms with van der Waals surface area (Å²) in [4.78, 5) is 28.5. The normalized spacial score (nSPS) is 13.0. The highest BCUT2D eigenvalue weighted by atomic mass is 35.5. The number of carboxylic acid groups (broad SMARTS) is 2. The third-order valence-corrected chi connectivity index (χ3v) is 7.14. The second-order valence-electron chi connectivity index (χ2n) is 9.93. The van der Waals surface area contributed by atoms with Crippen molar-refractivity contribution in [3.8, 4) is 28.1 Å². The molecule has 42 heavy (non-hydrogen) atoms. The van der Waals surface area contributed by atoms with E-state index in [2.05, 4.69) is 10.2 Å². The minimum absolute atomic E-state index is 0. The van der Waals surface area contributed by atoms with Gasteiger partial charge in [-0.3, -0.25) is 4.79 Å². The number of aromatic nitrogens is 1. The third-order valence-electron chi connectivity index (χ3n) is 6.51. The molecule has 8 nitrogen and oxygen atoms in total. The zero-order valence-electron chi connectivity index (χ0n) is 23.4. The molecule has 1 amide bonds. The molecule has 0 aliphatic heterocycles. The fourth-order valence-electron chi connectivity index (χ4n) is 4.59. The SMILES string of the molecule is CN(C)CCCOc1cc(-c2nc(C(=O)NC3CCCCC3)ccc2-c2c(F)cccc2Cl)ccc1Cl.Cl.O=C(O)O. The van der Waals surface area contributed by atoms with Crippen molar-refractivity contribution in [1.82, 2.24) is 15.2 Å². The summed E-state index contributed by atoms with van der Waals surface area (Å²) in [6.45, 7) is 1.37. The van der Waals surface area contributed by atoms with E-state index in [4.69, 9.17) is 47.9 Å². The Kier molecular flexibility index (Phi) is 14.3. The van der Waals surface area contributed by atoms with Crippen LogP contribution in [0.25, 0.3) is 22.4 Å². The van der Waals surface area contributed by atoms with Gasteiger partial charge >= 0.3 is 6.16 Å². The quantitative estimate of drug-likeness (QED) is 0.204. The van der Waals surface area contributed by atoms with Crippen LogP contribution in [0.15, 0.2) is 48.5 Å². The van der Waals surface area contributed by atoms with Crippen molar-refractivity contribution in [2.45, 2.75) is 44.6 Å². The van der Waals surface area contributed by atoms with E-state index >= 15 is 0 Å². The van der Waals surface area contributed by atoms with E-state index in [9.17, 15) is 9.18 Å². The van der Waals surface area contributed by atoms with Crippen molar-refractivity contribution in [2.24, 2.45) is 0 Å². The molecular weight excluding hydrogens is 608 g/mol. The van der Waals surface area contributed by atoms with Crippen LogP contribution in [0.2, 0.25) is 10.0 Å². The Labute approximate surface area is 261 Å². The van der Waals surface area contributed by atoms with E-state index in [1.807, 2.05) is 14.1 Å². The number of amides is 1. The van der Waals surface area contributed by atoms with Crippen LogP contribution in [0, 0.1) is 5.82 Å². The van der Waals surface area contributed by atoms with Crippen molar-refractivity contribution in [2.75, 3.05) is 27.2 Å². The molecule has 0 saturated heterocycles. The van der Waals surface area contributed by atoms with Crippen molar-refractivity contribution >= 4 is 47.7 Å². The molecule has 2 aromatic carbocycles. The highest BCUT2D eigenvalue weighted by molar-refractivity contribution is 6.33. The number of carbonyl (C=O) groups is 2. The number of ether oxygens (including phenoxy) is 1. The smallest absolute Gasteiger partial charge is 0.492 e. The second-order valence-corrected chi connectivity index (χ2v) is 10.7. The molecule has 1 aliphatic rings. The highest BCUT2D eigenvalue weighted by Gasteiger charge is 2.22. The number of hydrogen-bond acceptors (Lipinski definition) is 5. The third kappa shape index (κ3) is 10.3. The predicted octanol–water partition coefficient (Wildman–Crippen LogP) is 7.90. The van der Waals surface area contributed by atoms with Gasteiger partial charge in [-0.25, -0.2) is 14.2 Å². The summed E-state index contributed by atoms with van der Waals surface area (Å²) in [5.41, 5.74) is 2.06. The lowest BCUT2D eigenvalue weighted by Gasteiger charge is -2.23. The summed E-state index contributed by atoms with van der Waals surface area (Å²) in [5.74, 6) is -0.208. The van der Waals surface area contributed by atoms with Gasteiger partial charge in [0.05, 0.1) is 22.3 Å². The average molecular weight is 643 g/mol. The molecule has 1 aromatic heterocycles. The first-order chi connectivity index (χ1) is 19.6. The Bertz CT molecular complexity index is 1330. The molecule has 0 unspecified atom stereocenters. The number of nitrogens with zero attached hydrogens (tertiary/aromatic N) is 2. The van der Waals surface area contributed by atoms with Gasteiger partial charge in [0.15, 0.2) is 0 Å². The van der Waals surface area contributed by atoms with Crippen LogP contribution in [0.3, 0.4) is 0 Å². The summed E-state index contributed by atoms with van der Waals surface area (Å²) in [7, 11) is 4.01. The van der Waals surface area contributed by atoms with E-state index in [0.717, 1.165) is 38.6 Å². The first kappa shape index (κ1) is 35.1. The summed E-state index contributed by atoms with van der Waals surface area (Å²) >= 11 is 12.8. The minimum atomic E-state index is -1.83. The molecule has 1 heterocycles. The number of hydrogen-bond donors (Lipinski definition) is 3. The van der Waals surface area contributed by atoms with Gasteiger partial charge < -0.3 is 25.2 Å². The molecule has 0 atom stereocenters. The summed E-state index contributed by atoms with van der Waals surface area (Å²) in [6.07, 6.45) is 4.34. The first-order valence-electron chi connectivity index (χ1n) is 13.3. The Balaban J connectivity index is 0.00000116. The number of halogens is 4. The lowest BCUT2D eigenvalue weighted by Crippen LogP contribution is -2.36. The lowest BCUT2D eigenvalue weighted by molar-refractivity contribution is 0.0922. The predicted molar refractivity (Wildman–Crippen MR) is 166 cm³/mol. The van der Waals surface area contributed by atoms with E-state index in [-0.39, 0.29) is 40.6 Å². The van der Waals surface area contributed by atoms with Gasteiger partial charge in [0.1, 0.15) is 17.3 Å². The monoisotopic (exact) mass is 641 g/mol. The summed E-state index contributed by atoms with van der Waals surface area (Å²) in [5, 5.41) is 17.8. The van der Waals surface area contributed by atoms with Gasteiger partial charge in [-0.05, 0) is 69.8 Å². The molecule has 1 aliphatic carbocycles. The molecule has 3 aromatic rings. The van der Waals surface area contributed by atoms with Crippen LogP contribution in [-0.2, 0) is 0 Å². The van der Waals surface area contributed by atoms with Crippen LogP contribution < -0.4 is 10.1 Å². The Morgan fingerprint density at radius 2 is 1.74 bits per heavy atom. The molecule has 228 valence electrons. The Morgan fingerprint density at radius 3 is 2.38 bits per heavy atom. The topological polar surface area (TPSA) is 112 Å². The number of pyridine rings is 1. The molecule has 1 saturated carbocycles. The number of benzene rings is 2. The maximum absolute atomic E-state index is 15.0. The van der Waals surface area contributed by atoms with Crippen LogP contribution in [-0.4, -0.2) is 65.4 Å². The minimum Gasteiger partial charge on any atom is -0.492 e. The van der Waals surface area contributed by atoms with E-state index < -0.39 is 12.0 Å². The molecule has 0 spiro atoms. The van der Waals surface area contributed by atoms with Gasteiger partial charge in [0.25, 0.3) is 5.91 Å². The maximum Gasteiger partial charge on any atom is 0.503 e. The van der Waals surface area contributed by atoms with Gasteiger partial charge in [-0.15, -0.1) is 12.4 Å². The van der Waals surface area contributed by atoms with Gasteiger partial charge in [0, 0.05) is 29.3 Å². The summed E-state index contributed by atoms with van der Waals surface area (Å²) < 4.78 is 20.9. The lowest BCUT2D eigenvalue weighted by atomic mass is 9.95. The summed E-state index contributed by atoms with van der Waals surface area (Å²) in [6, 6.07) is 13.3. The highest BCUT2D eigenvalue weighted by Crippen LogP contribution is 2.39. The van der Waals surface area contributed by atoms with Gasteiger partial charge in [-0.1, -0.05) is 54.6 Å². The Morgan fingerprint density at radius 1 is 1.05 bits per heavy atom. The van der Waals surface area contributed by atoms with Crippen molar-refractivity contribution in [3.05, 3.63) is 70.1 Å². The molecular formula is C30H35Cl3FN3O5. The largest absolute Gasteiger partial charge is 0.503 e. The van der Waals surface area contributed by atoms with E-state index in [0.29, 0.717) is 34.2 Å². The molecule has 0 bridgehead atoms. The average Bonchev–Trinajstić information content (AvgIpc) is 2.92. The molecule has 12 heteroatoms. The fourth-order valence-corrected chi connectivity index (χ4v) is 5.03. The van der Waals surface area contributed by atoms with Crippen LogP contribution in [0.5, 0.6) is 5.75 Å². The van der Waals surface area contributed by atoms with Crippen molar-refractivity contribution < 1.29 is 28.9 Å². The van der Waals surface area contributed by atoms with Gasteiger partial charge in [-0.2, -0.15) is 0 Å². The number of nitrogens with one attached hydrogen (secondary N) is 1. The Hall–Kier alpha value is -3.11. The van der Waals surface area contributed by atoms with E-state index in [1.165, 1.54) is 12.5 Å². The number of carbonyl (C=O) groups excluding carboxylic acids is 1. The standard InChI is InChI=1S/C29H32Cl2FN3O2.CH2O3.ClH/c1-35(2)16-7-17-37-26-18-19(12-14-22(26)30)28-21(27-23(31)10-6-11-24(27)32)13-15-25(34-28)29(36)33-20-8-4-3-5-9-20;2-1(3)4;/h6,10-15,18,20H,3-5,7-9,16-17H2,1-2H3,(H,33,36);(H2,2,3,4);1H. The van der Waals surface area contributed by atoms with E-state index in [1.54, 1.807) is 42.5 Å². The van der Waals surface area contributed by atoms with Crippen molar-refractivity contribution in [1.29, 1.82) is 0 Å². The van der Waals surface area contributed by atoms with Crippen molar-refractivity contribution in [3.63, 3.8) is 0 Å². The second kappa shape index (κ2) is 17.1. The fraction of sp³-hybridized carbons (Fsp3) is 0.367. The molecule has 1 fully saturated rings. The van der Waals surface area contributed by atoms with Gasteiger partial charge in [0.2, 0.25) is 0 Å². The maximum atomic E-state index is 15.0. The zero-order valence-corrected chi connectivity index (χ0v) is 25.7. The molecule has 4 rings (SSSR count).